The molecule has 7 nitrogen and oxygen atoms in total. The van der Waals surface area contributed by atoms with Gasteiger partial charge in [-0.15, -0.1) is 0 Å². The molecule has 1 fully saturated rings. The maximum atomic E-state index is 12.4. The molecule has 0 unspecified atom stereocenters. The number of rotatable bonds is 4. The van der Waals surface area contributed by atoms with Crippen molar-refractivity contribution in [3.8, 4) is 0 Å². The first-order valence-corrected chi connectivity index (χ1v) is 10.3. The summed E-state index contributed by atoms with van der Waals surface area (Å²) in [6, 6.07) is -0.303. The lowest BCUT2D eigenvalue weighted by Gasteiger charge is -2.45. The lowest BCUT2D eigenvalue weighted by Crippen LogP contribution is -2.62. The van der Waals surface area contributed by atoms with Crippen LogP contribution in [0.25, 0.3) is 10.4 Å². The Morgan fingerprint density at radius 3 is 2.81 bits per heavy atom. The molecule has 1 amide bonds. The summed E-state index contributed by atoms with van der Waals surface area (Å²) in [5.74, 6) is -2.23. The molecule has 0 aromatic carbocycles. The lowest BCUT2D eigenvalue weighted by atomic mass is 9.83. The van der Waals surface area contributed by atoms with Gasteiger partial charge in [0.05, 0.1) is 41.7 Å². The van der Waals surface area contributed by atoms with Crippen molar-refractivity contribution in [3.63, 3.8) is 0 Å². The Kier molecular flexibility index (Phi) is 3.94. The van der Waals surface area contributed by atoms with Crippen LogP contribution in [0.15, 0.2) is 17.1 Å². The zero-order valence-corrected chi connectivity index (χ0v) is 16.5. The molecule has 1 saturated heterocycles. The van der Waals surface area contributed by atoms with Crippen molar-refractivity contribution in [1.29, 1.82) is 0 Å². The van der Waals surface area contributed by atoms with E-state index >= 15 is 0 Å². The number of carbonyl (C=O) groups is 2. The van der Waals surface area contributed by atoms with E-state index in [-0.39, 0.29) is 17.6 Å². The largest absolute Gasteiger partial charge is 0.543 e. The Morgan fingerprint density at radius 2 is 2.23 bits per heavy atom. The number of fused-ring (bicyclic) bond motifs is 2. The third kappa shape index (κ3) is 2.14. The van der Waals surface area contributed by atoms with E-state index in [2.05, 4.69) is 4.40 Å². The highest BCUT2D eigenvalue weighted by Crippen LogP contribution is 2.48. The van der Waals surface area contributed by atoms with Crippen LogP contribution in [-0.2, 0) is 16.6 Å². The van der Waals surface area contributed by atoms with Crippen LogP contribution in [0.4, 0.5) is 0 Å². The summed E-state index contributed by atoms with van der Waals surface area (Å²) in [6.45, 7) is 3.52. The van der Waals surface area contributed by atoms with Gasteiger partial charge in [0.2, 0.25) is 15.8 Å². The maximum Gasteiger partial charge on any atom is 0.250 e. The van der Waals surface area contributed by atoms with Gasteiger partial charge < -0.3 is 19.9 Å². The molecule has 3 atom stereocenters. The van der Waals surface area contributed by atoms with Gasteiger partial charge in [0, 0.05) is 5.57 Å². The average Bonchev–Trinajstić information content (AvgIpc) is 3.15. The SMILES string of the molecule is CSc1c2sc(C3=C(C(=O)[O-])N4C(=O)[C@H]([C@@H](C)O)[C@H]4C3)c(C)[n+]2cn1C. The standard InChI is InChI=1S/C17H19N3O4S2/c1-7-13(26-16-15(25-4)18(3)6-19(7)16)9-5-10-11(8(2)21)14(22)20(10)12(9)17(23)24/h6,8,10-11,21H,5H2,1-4H3/t8-,10-,11-/m1/s1. The molecule has 9 heteroatoms. The number of carbonyl (C=O) groups excluding carboxylic acids is 2. The number of β-lactam (4-membered cyclic amide) rings is 1. The van der Waals surface area contributed by atoms with Gasteiger partial charge >= 0.3 is 0 Å². The van der Waals surface area contributed by atoms with Gasteiger partial charge in [-0.3, -0.25) is 4.79 Å². The Bertz CT molecular complexity index is 988. The summed E-state index contributed by atoms with van der Waals surface area (Å²) in [4.78, 5) is 27.4. The van der Waals surface area contributed by atoms with Crippen molar-refractivity contribution in [2.75, 3.05) is 6.26 Å². The van der Waals surface area contributed by atoms with Gasteiger partial charge in [-0.25, -0.2) is 4.57 Å². The molecule has 0 radical (unpaired) electrons. The van der Waals surface area contributed by atoms with Gasteiger partial charge in [0.1, 0.15) is 5.69 Å². The van der Waals surface area contributed by atoms with Crippen LogP contribution in [-0.4, -0.2) is 44.9 Å². The highest BCUT2D eigenvalue weighted by atomic mass is 32.2. The van der Waals surface area contributed by atoms with Crippen molar-refractivity contribution in [1.82, 2.24) is 9.47 Å². The monoisotopic (exact) mass is 393 g/mol. The predicted octanol–water partition coefficient (Wildman–Crippen LogP) is -0.0719. The second-order valence-electron chi connectivity index (χ2n) is 6.79. The van der Waals surface area contributed by atoms with Gasteiger partial charge in [-0.1, -0.05) is 23.1 Å². The van der Waals surface area contributed by atoms with Crippen molar-refractivity contribution >= 4 is 45.4 Å². The number of carboxylic acid groups (broad SMARTS) is 1. The lowest BCUT2D eigenvalue weighted by molar-refractivity contribution is -0.516. The fraction of sp³-hybridized carbons (Fsp3) is 0.471. The van der Waals surface area contributed by atoms with Crippen LogP contribution in [0.5, 0.6) is 0 Å². The van der Waals surface area contributed by atoms with E-state index < -0.39 is 18.0 Å². The van der Waals surface area contributed by atoms with Crippen molar-refractivity contribution in [3.05, 3.63) is 22.6 Å². The topological polar surface area (TPSA) is 89.7 Å². The van der Waals surface area contributed by atoms with Crippen LogP contribution in [0.2, 0.25) is 0 Å². The summed E-state index contributed by atoms with van der Waals surface area (Å²) in [6.07, 6.45) is 3.61. The van der Waals surface area contributed by atoms with E-state index in [1.165, 1.54) is 16.2 Å². The first kappa shape index (κ1) is 17.6. The molecule has 138 valence electrons. The molecule has 0 saturated carbocycles. The summed E-state index contributed by atoms with van der Waals surface area (Å²) in [7, 11) is 1.98. The molecular formula is C17H19N3O4S2. The number of aliphatic hydroxyl groups is 1. The molecule has 26 heavy (non-hydrogen) atoms. The van der Waals surface area contributed by atoms with Crippen molar-refractivity contribution in [2.45, 2.75) is 37.4 Å². The third-order valence-electron chi connectivity index (χ3n) is 5.29. The summed E-state index contributed by atoms with van der Waals surface area (Å²) < 4.78 is 4.09. The molecule has 0 bridgehead atoms. The molecule has 2 aliphatic heterocycles. The number of aliphatic carboxylic acids is 1. The Labute approximate surface area is 158 Å². The molecule has 1 N–H and O–H groups in total. The quantitative estimate of drug-likeness (QED) is 0.446. The first-order valence-electron chi connectivity index (χ1n) is 8.28. The van der Waals surface area contributed by atoms with Gasteiger partial charge in [0.25, 0.3) is 6.33 Å². The van der Waals surface area contributed by atoms with E-state index in [0.717, 1.165) is 20.4 Å². The van der Waals surface area contributed by atoms with E-state index in [9.17, 15) is 19.8 Å². The normalized spacial score (nSPS) is 23.6. The minimum absolute atomic E-state index is 0.0421. The molecule has 2 aromatic rings. The number of thiazole rings is 1. The predicted molar refractivity (Wildman–Crippen MR) is 95.3 cm³/mol. The number of aromatic nitrogens is 2. The van der Waals surface area contributed by atoms with Crippen LogP contribution in [0.1, 0.15) is 23.9 Å². The van der Waals surface area contributed by atoms with Crippen molar-refractivity contribution < 1.29 is 24.2 Å². The molecule has 0 aliphatic carbocycles. The number of nitrogens with zero attached hydrogens (tertiary/aromatic N) is 3. The van der Waals surface area contributed by atoms with E-state index in [1.54, 1.807) is 18.7 Å². The number of thioether (sulfide) groups is 1. The molecule has 2 aromatic heterocycles. The third-order valence-corrected chi connectivity index (χ3v) is 7.62. The van der Waals surface area contributed by atoms with Gasteiger partial charge in [0.15, 0.2) is 0 Å². The summed E-state index contributed by atoms with van der Waals surface area (Å²) in [5, 5.41) is 22.8. The van der Waals surface area contributed by atoms with Crippen LogP contribution >= 0.6 is 23.1 Å². The Balaban J connectivity index is 1.86. The van der Waals surface area contributed by atoms with Gasteiger partial charge in [-0.05, 0) is 26.5 Å². The van der Waals surface area contributed by atoms with E-state index in [4.69, 9.17) is 0 Å². The number of imidazole rings is 1. The molecule has 4 rings (SSSR count). The minimum Gasteiger partial charge on any atom is -0.543 e. The maximum absolute atomic E-state index is 12.4. The zero-order chi connectivity index (χ0) is 18.9. The molecule has 0 spiro atoms. The van der Waals surface area contributed by atoms with Crippen molar-refractivity contribution in [2.24, 2.45) is 13.0 Å². The van der Waals surface area contributed by atoms with Crippen LogP contribution in [0, 0.1) is 12.8 Å². The Hall–Kier alpha value is -1.84. The fourth-order valence-electron chi connectivity index (χ4n) is 4.12. The zero-order valence-electron chi connectivity index (χ0n) is 14.8. The Morgan fingerprint density at radius 1 is 1.54 bits per heavy atom. The highest BCUT2D eigenvalue weighted by Gasteiger charge is 2.55. The number of hydrogen-bond acceptors (Lipinski definition) is 6. The van der Waals surface area contributed by atoms with Gasteiger partial charge in [-0.2, -0.15) is 4.40 Å². The number of aryl methyl sites for hydroxylation is 2. The van der Waals surface area contributed by atoms with E-state index in [0.29, 0.717) is 12.0 Å². The number of amides is 1. The molecule has 2 aliphatic rings. The number of hydrogen-bond donors (Lipinski definition) is 1. The highest BCUT2D eigenvalue weighted by molar-refractivity contribution is 7.98. The van der Waals surface area contributed by atoms with Crippen LogP contribution in [0.3, 0.4) is 0 Å². The van der Waals surface area contributed by atoms with E-state index in [1.807, 2.05) is 31.1 Å². The average molecular weight is 393 g/mol. The second-order valence-corrected chi connectivity index (χ2v) is 8.58. The fourth-order valence-corrected chi connectivity index (χ4v) is 6.36. The molecular weight excluding hydrogens is 374 g/mol. The van der Waals surface area contributed by atoms with Crippen LogP contribution < -0.4 is 9.51 Å². The molecule has 4 heterocycles. The second kappa shape index (κ2) is 5.83. The minimum atomic E-state index is -1.34. The summed E-state index contributed by atoms with van der Waals surface area (Å²) >= 11 is 3.16. The number of carboxylic acids is 1. The summed E-state index contributed by atoms with van der Waals surface area (Å²) in [5.41, 5.74) is 1.53. The smallest absolute Gasteiger partial charge is 0.250 e. The number of aliphatic hydroxyl groups excluding tert-OH is 1. The first-order chi connectivity index (χ1) is 12.3.